The van der Waals surface area contributed by atoms with Gasteiger partial charge in [0, 0.05) is 37.6 Å². The summed E-state index contributed by atoms with van der Waals surface area (Å²) < 4.78 is 7.05. The van der Waals surface area contributed by atoms with Crippen molar-refractivity contribution < 1.29 is 14.6 Å². The van der Waals surface area contributed by atoms with E-state index in [4.69, 9.17) is 4.74 Å². The van der Waals surface area contributed by atoms with Crippen LogP contribution in [0.25, 0.3) is 0 Å². The Morgan fingerprint density at radius 3 is 3.05 bits per heavy atom. The lowest BCUT2D eigenvalue weighted by atomic mass is 10.1. The van der Waals surface area contributed by atoms with Gasteiger partial charge in [-0.3, -0.25) is 14.4 Å². The van der Waals surface area contributed by atoms with Crippen molar-refractivity contribution in [1.29, 1.82) is 0 Å². The Bertz CT molecular complexity index is 670. The molecule has 1 N–H and O–H groups in total. The minimum Gasteiger partial charge on any atom is -0.481 e. The summed E-state index contributed by atoms with van der Waals surface area (Å²) in [6.45, 7) is 2.11. The highest BCUT2D eigenvalue weighted by atomic mass is 16.5. The first kappa shape index (κ1) is 14.5. The zero-order valence-corrected chi connectivity index (χ0v) is 12.3. The molecule has 0 aromatic carbocycles. The first-order valence-electron chi connectivity index (χ1n) is 7.11. The second kappa shape index (κ2) is 6.15. The molecule has 7 nitrogen and oxygen atoms in total. The number of carbonyl (C=O) groups is 1. The van der Waals surface area contributed by atoms with Crippen molar-refractivity contribution in [2.24, 2.45) is 5.92 Å². The molecule has 0 radical (unpaired) electrons. The van der Waals surface area contributed by atoms with Crippen LogP contribution in [-0.4, -0.2) is 44.4 Å². The van der Waals surface area contributed by atoms with Crippen LogP contribution in [-0.2, 0) is 24.4 Å². The van der Waals surface area contributed by atoms with Gasteiger partial charge in [0.1, 0.15) is 0 Å². The van der Waals surface area contributed by atoms with Gasteiger partial charge in [0.15, 0.2) is 0 Å². The minimum absolute atomic E-state index is 0.401. The fourth-order valence-corrected chi connectivity index (χ4v) is 2.78. The van der Waals surface area contributed by atoms with Crippen molar-refractivity contribution in [3.63, 3.8) is 0 Å². The van der Waals surface area contributed by atoms with Gasteiger partial charge in [-0.15, -0.1) is 0 Å². The van der Waals surface area contributed by atoms with Crippen molar-refractivity contribution in [2.45, 2.75) is 19.6 Å². The second-order valence-corrected chi connectivity index (χ2v) is 5.38. The van der Waals surface area contributed by atoms with Crippen molar-refractivity contribution >= 4 is 5.97 Å². The fraction of sp³-hybridized carbons (Fsp3) is 0.400. The first-order chi connectivity index (χ1) is 10.7. The van der Waals surface area contributed by atoms with E-state index in [-0.39, 0.29) is 0 Å². The van der Waals surface area contributed by atoms with Crippen LogP contribution in [0.1, 0.15) is 11.3 Å². The molecule has 22 heavy (non-hydrogen) atoms. The van der Waals surface area contributed by atoms with Crippen LogP contribution in [0.15, 0.2) is 30.6 Å². The van der Waals surface area contributed by atoms with E-state index in [1.54, 1.807) is 24.2 Å². The summed E-state index contributed by atoms with van der Waals surface area (Å²) in [4.78, 5) is 17.7. The second-order valence-electron chi connectivity index (χ2n) is 5.38. The number of aromatic nitrogens is 3. The molecule has 1 unspecified atom stereocenters. The van der Waals surface area contributed by atoms with E-state index in [2.05, 4.69) is 15.0 Å². The van der Waals surface area contributed by atoms with Gasteiger partial charge in [-0.2, -0.15) is 5.10 Å². The number of carboxylic acids is 1. The molecule has 3 heterocycles. The summed E-state index contributed by atoms with van der Waals surface area (Å²) in [5.74, 6) is -0.706. The normalized spacial score (nSPS) is 18.5. The summed E-state index contributed by atoms with van der Waals surface area (Å²) in [5, 5.41) is 13.6. The molecule has 0 bridgehead atoms. The molecule has 1 atom stereocenters. The van der Waals surface area contributed by atoms with Crippen LogP contribution in [0.2, 0.25) is 0 Å². The third kappa shape index (κ3) is 2.94. The predicted molar refractivity (Wildman–Crippen MR) is 78.3 cm³/mol. The average Bonchev–Trinajstić information content (AvgIpc) is 2.86. The van der Waals surface area contributed by atoms with Crippen molar-refractivity contribution in [1.82, 2.24) is 19.7 Å². The number of pyridine rings is 1. The maximum atomic E-state index is 11.5. The van der Waals surface area contributed by atoms with Crippen molar-refractivity contribution in [3.8, 4) is 5.88 Å². The Kier molecular flexibility index (Phi) is 4.06. The third-order valence-electron chi connectivity index (χ3n) is 3.85. The van der Waals surface area contributed by atoms with Gasteiger partial charge in [-0.1, -0.05) is 6.07 Å². The van der Waals surface area contributed by atoms with Gasteiger partial charge in [-0.25, -0.2) is 4.98 Å². The first-order valence-corrected chi connectivity index (χ1v) is 7.11. The number of carboxylic acid groups (broad SMARTS) is 1. The summed E-state index contributed by atoms with van der Waals surface area (Å²) in [7, 11) is 1.59. The molecule has 1 aliphatic rings. The van der Waals surface area contributed by atoms with Crippen LogP contribution < -0.4 is 4.74 Å². The molecule has 7 heteroatoms. The van der Waals surface area contributed by atoms with Crippen LogP contribution in [0.3, 0.4) is 0 Å². The van der Waals surface area contributed by atoms with Gasteiger partial charge in [0.25, 0.3) is 0 Å². The number of nitrogens with zero attached hydrogens (tertiary/aromatic N) is 4. The van der Waals surface area contributed by atoms with Gasteiger partial charge >= 0.3 is 5.97 Å². The lowest BCUT2D eigenvalue weighted by Crippen LogP contribution is -2.32. The fourth-order valence-electron chi connectivity index (χ4n) is 2.78. The Morgan fingerprint density at radius 2 is 2.27 bits per heavy atom. The smallest absolute Gasteiger partial charge is 0.309 e. The van der Waals surface area contributed by atoms with E-state index < -0.39 is 11.9 Å². The lowest BCUT2D eigenvalue weighted by Gasteiger charge is -2.22. The zero-order valence-electron chi connectivity index (χ0n) is 12.3. The van der Waals surface area contributed by atoms with E-state index >= 15 is 0 Å². The van der Waals surface area contributed by atoms with Crippen LogP contribution in [0, 0.1) is 5.92 Å². The predicted octanol–water partition coefficient (Wildman–Crippen LogP) is 1.00. The van der Waals surface area contributed by atoms with Gasteiger partial charge in [0.2, 0.25) is 5.88 Å². The summed E-state index contributed by atoms with van der Waals surface area (Å²) in [5.41, 5.74) is 1.97. The Hall–Kier alpha value is -2.41. The highest BCUT2D eigenvalue weighted by Gasteiger charge is 2.27. The molecule has 0 aliphatic carbocycles. The lowest BCUT2D eigenvalue weighted by molar-refractivity contribution is -0.142. The van der Waals surface area contributed by atoms with Gasteiger partial charge < -0.3 is 9.84 Å². The number of methoxy groups -OCH3 is 1. The van der Waals surface area contributed by atoms with E-state index in [1.807, 2.05) is 18.2 Å². The molecule has 3 rings (SSSR count). The molecule has 0 spiro atoms. The van der Waals surface area contributed by atoms with E-state index in [1.165, 1.54) is 0 Å². The number of aliphatic carboxylic acids is 1. The number of hydrogen-bond acceptors (Lipinski definition) is 5. The van der Waals surface area contributed by atoms with Crippen LogP contribution in [0.5, 0.6) is 5.88 Å². The average molecular weight is 302 g/mol. The molecule has 116 valence electrons. The molecule has 0 amide bonds. The molecule has 0 saturated heterocycles. The van der Waals surface area contributed by atoms with E-state index in [9.17, 15) is 9.90 Å². The number of ether oxygens (including phenoxy) is 1. The number of rotatable bonds is 4. The van der Waals surface area contributed by atoms with Gasteiger partial charge in [-0.05, 0) is 12.1 Å². The Balaban J connectivity index is 1.85. The molecular weight excluding hydrogens is 284 g/mol. The molecule has 1 aliphatic heterocycles. The quantitative estimate of drug-likeness (QED) is 0.907. The van der Waals surface area contributed by atoms with Crippen LogP contribution in [0.4, 0.5) is 0 Å². The zero-order chi connectivity index (χ0) is 15.5. The third-order valence-corrected chi connectivity index (χ3v) is 3.85. The van der Waals surface area contributed by atoms with E-state index in [0.29, 0.717) is 32.1 Å². The highest BCUT2D eigenvalue weighted by molar-refractivity contribution is 5.70. The van der Waals surface area contributed by atoms with Crippen molar-refractivity contribution in [2.75, 3.05) is 13.7 Å². The minimum atomic E-state index is -0.800. The molecule has 2 aromatic heterocycles. The summed E-state index contributed by atoms with van der Waals surface area (Å²) in [6.07, 6.45) is 3.39. The summed E-state index contributed by atoms with van der Waals surface area (Å²) in [6, 6.07) is 5.73. The SMILES string of the molecule is COc1ncccc1CN1Cc2ccnn2CC(C(=O)O)C1. The Labute approximate surface area is 128 Å². The molecule has 0 saturated carbocycles. The monoisotopic (exact) mass is 302 g/mol. The van der Waals surface area contributed by atoms with E-state index in [0.717, 1.165) is 11.3 Å². The Morgan fingerprint density at radius 1 is 1.41 bits per heavy atom. The largest absolute Gasteiger partial charge is 0.481 e. The highest BCUT2D eigenvalue weighted by Crippen LogP contribution is 2.21. The topological polar surface area (TPSA) is 80.5 Å². The maximum Gasteiger partial charge on any atom is 0.309 e. The number of fused-ring (bicyclic) bond motifs is 1. The van der Waals surface area contributed by atoms with Crippen molar-refractivity contribution in [3.05, 3.63) is 41.9 Å². The standard InChI is InChI=1S/C15H18N4O3/c1-22-14-11(3-2-5-16-14)7-18-8-12(15(20)21)9-19-13(10-18)4-6-17-19/h2-6,12H,7-10H2,1H3,(H,20,21). The maximum absolute atomic E-state index is 11.5. The molecular formula is C15H18N4O3. The number of hydrogen-bond donors (Lipinski definition) is 1. The van der Waals surface area contributed by atoms with Crippen LogP contribution >= 0.6 is 0 Å². The molecule has 2 aromatic rings. The molecule has 0 fully saturated rings. The van der Waals surface area contributed by atoms with Gasteiger partial charge in [0.05, 0.1) is 25.3 Å². The summed E-state index contributed by atoms with van der Waals surface area (Å²) >= 11 is 0.